The Morgan fingerprint density at radius 2 is 2.38 bits per heavy atom. The lowest BCUT2D eigenvalue weighted by molar-refractivity contribution is -0.137. The second-order valence-corrected chi connectivity index (χ2v) is 4.46. The molecule has 1 saturated carbocycles. The summed E-state index contributed by atoms with van der Waals surface area (Å²) < 4.78 is 1.94. The van der Waals surface area contributed by atoms with Gasteiger partial charge in [0.1, 0.15) is 0 Å². The van der Waals surface area contributed by atoms with Gasteiger partial charge in [-0.2, -0.15) is 5.10 Å². The van der Waals surface area contributed by atoms with Crippen LogP contribution in [0.3, 0.4) is 0 Å². The smallest absolute Gasteiger partial charge is 0.225 e. The normalized spacial score (nSPS) is 15.9. The molecule has 1 heterocycles. The summed E-state index contributed by atoms with van der Waals surface area (Å²) in [6.07, 6.45) is 5.13. The van der Waals surface area contributed by atoms with Crippen molar-refractivity contribution in [1.82, 2.24) is 14.7 Å². The lowest BCUT2D eigenvalue weighted by Gasteiger charge is -2.29. The van der Waals surface area contributed by atoms with Crippen LogP contribution in [-0.4, -0.2) is 27.6 Å². The van der Waals surface area contributed by atoms with Crippen molar-refractivity contribution in [3.8, 4) is 0 Å². The van der Waals surface area contributed by atoms with Crippen LogP contribution in [0.5, 0.6) is 0 Å². The van der Waals surface area contributed by atoms with Crippen molar-refractivity contribution in [3.05, 3.63) is 18.0 Å². The third kappa shape index (κ3) is 2.10. The Balaban J connectivity index is 1.95. The van der Waals surface area contributed by atoms with Crippen LogP contribution in [0.2, 0.25) is 0 Å². The summed E-state index contributed by atoms with van der Waals surface area (Å²) >= 11 is 0. The fourth-order valence-corrected chi connectivity index (χ4v) is 2.07. The highest BCUT2D eigenvalue weighted by Gasteiger charge is 2.27. The van der Waals surface area contributed by atoms with Gasteiger partial charge in [0.05, 0.1) is 12.2 Å². The molecule has 1 aliphatic carbocycles. The van der Waals surface area contributed by atoms with E-state index in [1.807, 2.05) is 22.7 Å². The average Bonchev–Trinajstić information content (AvgIpc) is 2.62. The van der Waals surface area contributed by atoms with E-state index >= 15 is 0 Å². The lowest BCUT2D eigenvalue weighted by Crippen LogP contribution is -2.36. The Morgan fingerprint density at radius 3 is 2.94 bits per heavy atom. The Kier molecular flexibility index (Phi) is 3.27. The standard InChI is InChI=1S/C12H19N3O/c1-3-15-11(7-8-13-15)9-14(2)12(16)10-5-4-6-10/h7-8,10H,3-6,9H2,1-2H3. The van der Waals surface area contributed by atoms with Crippen molar-refractivity contribution in [3.63, 3.8) is 0 Å². The zero-order chi connectivity index (χ0) is 11.5. The second kappa shape index (κ2) is 4.68. The van der Waals surface area contributed by atoms with Crippen LogP contribution in [0.4, 0.5) is 0 Å². The van der Waals surface area contributed by atoms with E-state index in [-0.39, 0.29) is 11.8 Å². The number of amides is 1. The Labute approximate surface area is 96.2 Å². The van der Waals surface area contributed by atoms with Gasteiger partial charge in [-0.3, -0.25) is 9.48 Å². The first-order valence-electron chi connectivity index (χ1n) is 5.98. The van der Waals surface area contributed by atoms with E-state index in [1.54, 1.807) is 6.20 Å². The molecule has 88 valence electrons. The van der Waals surface area contributed by atoms with Crippen LogP contribution in [-0.2, 0) is 17.9 Å². The van der Waals surface area contributed by atoms with E-state index in [2.05, 4.69) is 12.0 Å². The van der Waals surface area contributed by atoms with Crippen molar-refractivity contribution in [2.24, 2.45) is 5.92 Å². The number of aromatic nitrogens is 2. The van der Waals surface area contributed by atoms with Crippen LogP contribution in [0.15, 0.2) is 12.3 Å². The molecule has 0 aliphatic heterocycles. The number of nitrogens with zero attached hydrogens (tertiary/aromatic N) is 3. The number of rotatable bonds is 4. The van der Waals surface area contributed by atoms with E-state index in [9.17, 15) is 4.79 Å². The molecule has 1 fully saturated rings. The molecular weight excluding hydrogens is 202 g/mol. The topological polar surface area (TPSA) is 38.1 Å². The molecule has 16 heavy (non-hydrogen) atoms. The van der Waals surface area contributed by atoms with Gasteiger partial charge in [-0.25, -0.2) is 0 Å². The first kappa shape index (κ1) is 11.2. The summed E-state index contributed by atoms with van der Waals surface area (Å²) in [5.74, 6) is 0.568. The maximum atomic E-state index is 11.9. The number of aryl methyl sites for hydroxylation is 1. The Morgan fingerprint density at radius 1 is 1.62 bits per heavy atom. The van der Waals surface area contributed by atoms with Crippen LogP contribution in [0.1, 0.15) is 31.9 Å². The molecule has 0 bridgehead atoms. The molecule has 1 aromatic rings. The molecule has 0 unspecified atom stereocenters. The molecule has 1 amide bonds. The summed E-state index contributed by atoms with van der Waals surface area (Å²) in [6, 6.07) is 1.98. The summed E-state index contributed by atoms with van der Waals surface area (Å²) in [7, 11) is 1.88. The molecule has 0 spiro atoms. The number of carbonyl (C=O) groups excluding carboxylic acids is 1. The number of carbonyl (C=O) groups is 1. The number of hydrogen-bond acceptors (Lipinski definition) is 2. The first-order valence-corrected chi connectivity index (χ1v) is 5.98. The molecule has 2 rings (SSSR count). The van der Waals surface area contributed by atoms with Gasteiger partial charge in [0.25, 0.3) is 0 Å². The lowest BCUT2D eigenvalue weighted by atomic mass is 9.84. The van der Waals surface area contributed by atoms with Crippen LogP contribution < -0.4 is 0 Å². The Bertz CT molecular complexity index is 368. The van der Waals surface area contributed by atoms with Gasteiger partial charge in [-0.05, 0) is 25.8 Å². The van der Waals surface area contributed by atoms with Gasteiger partial charge in [0, 0.05) is 25.7 Å². The van der Waals surface area contributed by atoms with E-state index in [0.29, 0.717) is 6.54 Å². The van der Waals surface area contributed by atoms with Gasteiger partial charge in [0.15, 0.2) is 0 Å². The van der Waals surface area contributed by atoms with E-state index < -0.39 is 0 Å². The summed E-state index contributed by atoms with van der Waals surface area (Å²) in [4.78, 5) is 13.8. The maximum Gasteiger partial charge on any atom is 0.225 e. The quantitative estimate of drug-likeness (QED) is 0.775. The molecule has 1 aliphatic rings. The highest BCUT2D eigenvalue weighted by Crippen LogP contribution is 2.28. The Hall–Kier alpha value is -1.32. The zero-order valence-electron chi connectivity index (χ0n) is 10.0. The fourth-order valence-electron chi connectivity index (χ4n) is 2.07. The third-order valence-electron chi connectivity index (χ3n) is 3.33. The summed E-state index contributed by atoms with van der Waals surface area (Å²) in [5.41, 5.74) is 1.11. The molecular formula is C12H19N3O. The zero-order valence-corrected chi connectivity index (χ0v) is 10.0. The predicted octanol–water partition coefficient (Wildman–Crippen LogP) is 1.66. The van der Waals surface area contributed by atoms with Crippen LogP contribution in [0, 0.1) is 5.92 Å². The van der Waals surface area contributed by atoms with E-state index in [1.165, 1.54) is 6.42 Å². The van der Waals surface area contributed by atoms with Gasteiger partial charge in [0.2, 0.25) is 5.91 Å². The van der Waals surface area contributed by atoms with E-state index in [0.717, 1.165) is 25.1 Å². The molecule has 4 heteroatoms. The fraction of sp³-hybridized carbons (Fsp3) is 0.667. The monoisotopic (exact) mass is 221 g/mol. The average molecular weight is 221 g/mol. The largest absolute Gasteiger partial charge is 0.340 e. The minimum atomic E-state index is 0.281. The van der Waals surface area contributed by atoms with Crippen LogP contribution >= 0.6 is 0 Å². The molecule has 4 nitrogen and oxygen atoms in total. The summed E-state index contributed by atoms with van der Waals surface area (Å²) in [5, 5.41) is 4.20. The number of hydrogen-bond donors (Lipinski definition) is 0. The van der Waals surface area contributed by atoms with Gasteiger partial charge in [-0.15, -0.1) is 0 Å². The SMILES string of the molecule is CCn1nccc1CN(C)C(=O)C1CCC1. The molecule has 1 aromatic heterocycles. The molecule has 0 aromatic carbocycles. The second-order valence-electron chi connectivity index (χ2n) is 4.46. The van der Waals surface area contributed by atoms with E-state index in [4.69, 9.17) is 0 Å². The predicted molar refractivity (Wildman–Crippen MR) is 61.7 cm³/mol. The van der Waals surface area contributed by atoms with Crippen molar-refractivity contribution in [2.45, 2.75) is 39.3 Å². The maximum absolute atomic E-state index is 11.9. The molecule has 0 atom stereocenters. The van der Waals surface area contributed by atoms with Gasteiger partial charge >= 0.3 is 0 Å². The van der Waals surface area contributed by atoms with Crippen molar-refractivity contribution < 1.29 is 4.79 Å². The van der Waals surface area contributed by atoms with Crippen molar-refractivity contribution >= 4 is 5.91 Å². The van der Waals surface area contributed by atoms with Crippen LogP contribution in [0.25, 0.3) is 0 Å². The minimum absolute atomic E-state index is 0.281. The van der Waals surface area contributed by atoms with Crippen molar-refractivity contribution in [1.29, 1.82) is 0 Å². The highest BCUT2D eigenvalue weighted by molar-refractivity contribution is 5.79. The third-order valence-corrected chi connectivity index (χ3v) is 3.33. The first-order chi connectivity index (χ1) is 7.72. The minimum Gasteiger partial charge on any atom is -0.340 e. The van der Waals surface area contributed by atoms with Crippen molar-refractivity contribution in [2.75, 3.05) is 7.05 Å². The van der Waals surface area contributed by atoms with Gasteiger partial charge < -0.3 is 4.90 Å². The summed E-state index contributed by atoms with van der Waals surface area (Å²) in [6.45, 7) is 3.58. The molecule has 0 N–H and O–H groups in total. The molecule has 0 radical (unpaired) electrons. The molecule has 0 saturated heterocycles. The highest BCUT2D eigenvalue weighted by atomic mass is 16.2. The van der Waals surface area contributed by atoms with Gasteiger partial charge in [-0.1, -0.05) is 6.42 Å².